The highest BCUT2D eigenvalue weighted by molar-refractivity contribution is 5.69. The van der Waals surface area contributed by atoms with Crippen LogP contribution >= 0.6 is 0 Å². The fraction of sp³-hybridized carbons (Fsp3) is 0.308. The van der Waals surface area contributed by atoms with E-state index in [2.05, 4.69) is 10.2 Å². The Bertz CT molecular complexity index is 1370. The number of nitro groups is 1. The Labute approximate surface area is 208 Å². The van der Waals surface area contributed by atoms with E-state index < -0.39 is 0 Å². The number of anilines is 2. The molecule has 0 atom stereocenters. The smallest absolute Gasteiger partial charge is 0.269 e. The minimum Gasteiger partial charge on any atom is -0.491 e. The fourth-order valence-electron chi connectivity index (χ4n) is 4.39. The molecule has 36 heavy (non-hydrogen) atoms. The maximum absolute atomic E-state index is 11.3. The fourth-order valence-corrected chi connectivity index (χ4v) is 4.39. The predicted octanol–water partition coefficient (Wildman–Crippen LogP) is 4.23. The van der Waals surface area contributed by atoms with E-state index in [1.165, 1.54) is 0 Å². The van der Waals surface area contributed by atoms with Crippen LogP contribution in [0.2, 0.25) is 0 Å². The second kappa shape index (κ2) is 10.6. The number of ether oxygens (including phenoxy) is 2. The summed E-state index contributed by atoms with van der Waals surface area (Å²) in [4.78, 5) is 17.9. The maximum atomic E-state index is 11.3. The van der Waals surface area contributed by atoms with E-state index in [1.54, 1.807) is 19.2 Å². The van der Waals surface area contributed by atoms with Crippen molar-refractivity contribution in [1.82, 2.24) is 14.6 Å². The summed E-state index contributed by atoms with van der Waals surface area (Å²) in [5.41, 5.74) is 4.12. The van der Waals surface area contributed by atoms with E-state index in [9.17, 15) is 10.1 Å². The van der Waals surface area contributed by atoms with Gasteiger partial charge in [-0.2, -0.15) is 4.98 Å². The number of aromatic nitrogens is 3. The molecule has 0 saturated heterocycles. The molecule has 0 bridgehead atoms. The van der Waals surface area contributed by atoms with Crippen molar-refractivity contribution in [3.8, 4) is 5.75 Å². The minimum atomic E-state index is -0.350. The molecule has 2 aromatic heterocycles. The van der Waals surface area contributed by atoms with Gasteiger partial charge in [0.2, 0.25) is 5.95 Å². The van der Waals surface area contributed by atoms with Gasteiger partial charge in [0.25, 0.3) is 5.69 Å². The lowest BCUT2D eigenvalue weighted by Crippen LogP contribution is -2.26. The summed E-state index contributed by atoms with van der Waals surface area (Å²) in [6.07, 6.45) is 3.67. The summed E-state index contributed by atoms with van der Waals surface area (Å²) < 4.78 is 12.6. The van der Waals surface area contributed by atoms with Crippen molar-refractivity contribution in [3.05, 3.63) is 87.6 Å². The van der Waals surface area contributed by atoms with E-state index in [0.717, 1.165) is 53.2 Å². The normalized spacial score (nSPS) is 13.3. The van der Waals surface area contributed by atoms with Crippen LogP contribution in [0, 0.1) is 10.1 Å². The molecule has 0 aliphatic carbocycles. The number of benzene rings is 2. The Kier molecular flexibility index (Phi) is 6.94. The van der Waals surface area contributed by atoms with Crippen LogP contribution in [0.1, 0.15) is 23.1 Å². The van der Waals surface area contributed by atoms with Crippen molar-refractivity contribution in [2.24, 2.45) is 0 Å². The summed E-state index contributed by atoms with van der Waals surface area (Å²) in [5, 5.41) is 19.5. The van der Waals surface area contributed by atoms with Crippen LogP contribution in [0.15, 0.2) is 60.8 Å². The molecule has 1 aliphatic rings. The number of non-ortho nitro benzene ring substituents is 1. The van der Waals surface area contributed by atoms with Crippen molar-refractivity contribution in [2.75, 3.05) is 37.1 Å². The van der Waals surface area contributed by atoms with E-state index in [4.69, 9.17) is 19.6 Å². The average Bonchev–Trinajstić information content (AvgIpc) is 3.26. The Balaban J connectivity index is 1.38. The third-order valence-electron chi connectivity index (χ3n) is 6.21. The molecule has 0 amide bonds. The molecule has 0 fully saturated rings. The average molecular weight is 489 g/mol. The van der Waals surface area contributed by atoms with Crippen LogP contribution in [0.4, 0.5) is 17.5 Å². The second-order valence-corrected chi connectivity index (χ2v) is 8.68. The molecule has 10 heteroatoms. The van der Waals surface area contributed by atoms with Crippen LogP contribution in [-0.2, 0) is 24.2 Å². The van der Waals surface area contributed by atoms with Crippen LogP contribution in [0.5, 0.6) is 5.75 Å². The summed E-state index contributed by atoms with van der Waals surface area (Å²) in [7, 11) is 1.65. The van der Waals surface area contributed by atoms with Gasteiger partial charge in [0.1, 0.15) is 17.9 Å². The van der Waals surface area contributed by atoms with Gasteiger partial charge in [-0.15, -0.1) is 5.10 Å². The zero-order valence-electron chi connectivity index (χ0n) is 20.1. The number of hydrogen-bond acceptors (Lipinski definition) is 8. The van der Waals surface area contributed by atoms with Gasteiger partial charge in [-0.3, -0.25) is 10.1 Å². The number of nitro benzene ring substituents is 1. The highest BCUT2D eigenvalue weighted by Crippen LogP contribution is 2.27. The molecule has 0 unspecified atom stereocenters. The largest absolute Gasteiger partial charge is 0.491 e. The number of nitrogens with one attached hydrogen (secondary N) is 1. The second-order valence-electron chi connectivity index (χ2n) is 8.68. The molecule has 1 N–H and O–H groups in total. The summed E-state index contributed by atoms with van der Waals surface area (Å²) in [6.45, 7) is 2.87. The standard InChI is InChI=1S/C26H28N6O4/c1-35-13-14-36-23-7-2-5-19(15-23)17-27-25-24-8-4-12-31(24)29-26(28-25)30-11-3-6-20-9-10-22(32(33)34)16-21(20)18-30/h2,4-5,7-10,12,15-16H,3,6,11,13-14,17-18H2,1H3,(H,27,28,29). The highest BCUT2D eigenvalue weighted by Gasteiger charge is 2.21. The Morgan fingerprint density at radius 1 is 1.11 bits per heavy atom. The SMILES string of the molecule is COCCOc1cccc(CNc2nc(N3CCCc4ccc([N+](=O)[O-])cc4C3)nn3cccc23)c1. The van der Waals surface area contributed by atoms with Gasteiger partial charge < -0.3 is 19.7 Å². The Morgan fingerprint density at radius 3 is 2.89 bits per heavy atom. The first-order valence-electron chi connectivity index (χ1n) is 11.9. The number of methoxy groups -OCH3 is 1. The number of aryl methyl sites for hydroxylation is 1. The quantitative estimate of drug-likeness (QED) is 0.212. The molecular formula is C26H28N6O4. The molecular weight excluding hydrogens is 460 g/mol. The molecule has 5 rings (SSSR count). The highest BCUT2D eigenvalue weighted by atomic mass is 16.6. The Morgan fingerprint density at radius 2 is 2.03 bits per heavy atom. The van der Waals surface area contributed by atoms with E-state index >= 15 is 0 Å². The molecule has 1 aliphatic heterocycles. The van der Waals surface area contributed by atoms with Gasteiger partial charge in [0, 0.05) is 45.1 Å². The molecule has 2 aromatic carbocycles. The van der Waals surface area contributed by atoms with Crippen molar-refractivity contribution in [3.63, 3.8) is 0 Å². The molecule has 0 saturated carbocycles. The molecule has 0 spiro atoms. The van der Waals surface area contributed by atoms with Gasteiger partial charge in [-0.1, -0.05) is 18.2 Å². The summed E-state index contributed by atoms with van der Waals surface area (Å²) in [6, 6.07) is 16.9. The van der Waals surface area contributed by atoms with Crippen LogP contribution in [-0.4, -0.2) is 46.4 Å². The van der Waals surface area contributed by atoms with Gasteiger partial charge >= 0.3 is 0 Å². The van der Waals surface area contributed by atoms with Crippen molar-refractivity contribution in [1.29, 1.82) is 0 Å². The van der Waals surface area contributed by atoms with E-state index in [0.29, 0.717) is 32.3 Å². The van der Waals surface area contributed by atoms with Gasteiger partial charge in [0.15, 0.2) is 5.82 Å². The van der Waals surface area contributed by atoms with Gasteiger partial charge in [0.05, 0.1) is 11.5 Å². The predicted molar refractivity (Wildman–Crippen MR) is 137 cm³/mol. The zero-order valence-corrected chi connectivity index (χ0v) is 20.1. The molecule has 3 heterocycles. The molecule has 0 radical (unpaired) electrons. The lowest BCUT2D eigenvalue weighted by Gasteiger charge is -2.22. The minimum absolute atomic E-state index is 0.105. The van der Waals surface area contributed by atoms with Crippen LogP contribution in [0.3, 0.4) is 0 Å². The van der Waals surface area contributed by atoms with Crippen molar-refractivity contribution >= 4 is 23.0 Å². The van der Waals surface area contributed by atoms with Crippen molar-refractivity contribution < 1.29 is 14.4 Å². The van der Waals surface area contributed by atoms with E-state index in [1.807, 2.05) is 53.2 Å². The third-order valence-corrected chi connectivity index (χ3v) is 6.21. The lowest BCUT2D eigenvalue weighted by atomic mass is 10.0. The third kappa shape index (κ3) is 5.23. The first-order chi connectivity index (χ1) is 17.6. The van der Waals surface area contributed by atoms with Crippen molar-refractivity contribution in [2.45, 2.75) is 25.9 Å². The topological polar surface area (TPSA) is 107 Å². The van der Waals surface area contributed by atoms with Gasteiger partial charge in [-0.05, 0) is 53.8 Å². The Hall–Kier alpha value is -4.18. The maximum Gasteiger partial charge on any atom is 0.269 e. The molecule has 186 valence electrons. The number of rotatable bonds is 9. The van der Waals surface area contributed by atoms with Crippen LogP contribution < -0.4 is 15.0 Å². The number of hydrogen-bond donors (Lipinski definition) is 1. The van der Waals surface area contributed by atoms with E-state index in [-0.39, 0.29) is 10.6 Å². The number of fused-ring (bicyclic) bond motifs is 2. The number of nitrogens with zero attached hydrogens (tertiary/aromatic N) is 5. The first kappa shape index (κ1) is 23.6. The summed E-state index contributed by atoms with van der Waals surface area (Å²) in [5.74, 6) is 2.09. The zero-order chi connectivity index (χ0) is 24.9. The lowest BCUT2D eigenvalue weighted by molar-refractivity contribution is -0.384. The van der Waals surface area contributed by atoms with Crippen LogP contribution in [0.25, 0.3) is 5.52 Å². The summed E-state index contributed by atoms with van der Waals surface area (Å²) >= 11 is 0. The monoisotopic (exact) mass is 488 g/mol. The molecule has 10 nitrogen and oxygen atoms in total. The molecule has 4 aromatic rings. The van der Waals surface area contributed by atoms with Gasteiger partial charge in [-0.25, -0.2) is 4.52 Å². The first-order valence-corrected chi connectivity index (χ1v) is 11.9.